The fourth-order valence-corrected chi connectivity index (χ4v) is 3.85. The second-order valence-electron chi connectivity index (χ2n) is 7.00. The number of nitrogens with zero attached hydrogens (tertiary/aromatic N) is 2. The van der Waals surface area contributed by atoms with Crippen LogP contribution in [0.2, 0.25) is 0 Å². The maximum Gasteiger partial charge on any atom is 0.194 e. The molecule has 0 aromatic carbocycles. The molecule has 2 heterocycles. The Balaban J connectivity index is 1.54. The summed E-state index contributed by atoms with van der Waals surface area (Å²) in [6.45, 7) is 7.38. The quantitative estimate of drug-likeness (QED) is 0.477. The molecule has 2 aliphatic heterocycles. The predicted molar refractivity (Wildman–Crippen MR) is 97.4 cm³/mol. The summed E-state index contributed by atoms with van der Waals surface area (Å²) in [5.74, 6) is 1.04. The third kappa shape index (κ3) is 4.96. The molecule has 0 spiro atoms. The van der Waals surface area contributed by atoms with Gasteiger partial charge < -0.3 is 19.7 Å². The van der Waals surface area contributed by atoms with Gasteiger partial charge >= 0.3 is 0 Å². The fourth-order valence-electron chi connectivity index (χ4n) is 3.85. The molecule has 2 atom stereocenters. The van der Waals surface area contributed by atoms with E-state index in [0.717, 1.165) is 64.6 Å². The van der Waals surface area contributed by atoms with Crippen molar-refractivity contribution in [3.63, 3.8) is 0 Å². The first-order valence-electron chi connectivity index (χ1n) is 9.81. The highest BCUT2D eigenvalue weighted by Gasteiger charge is 2.32. The van der Waals surface area contributed by atoms with Crippen LogP contribution in [0, 0.1) is 0 Å². The Morgan fingerprint density at radius 3 is 2.92 bits per heavy atom. The summed E-state index contributed by atoms with van der Waals surface area (Å²) in [6.07, 6.45) is 11.5. The van der Waals surface area contributed by atoms with E-state index in [-0.39, 0.29) is 12.2 Å². The molecule has 24 heavy (non-hydrogen) atoms. The predicted octanol–water partition coefficient (Wildman–Crippen LogP) is 2.72. The van der Waals surface area contributed by atoms with Gasteiger partial charge in [-0.25, -0.2) is 0 Å². The van der Waals surface area contributed by atoms with Crippen molar-refractivity contribution in [1.29, 1.82) is 0 Å². The van der Waals surface area contributed by atoms with Crippen molar-refractivity contribution < 1.29 is 9.47 Å². The average Bonchev–Trinajstić information content (AvgIpc) is 3.17. The average molecular weight is 335 g/mol. The van der Waals surface area contributed by atoms with Gasteiger partial charge in [0.1, 0.15) is 6.10 Å². The molecule has 0 bridgehead atoms. The van der Waals surface area contributed by atoms with E-state index in [4.69, 9.17) is 14.5 Å². The number of rotatable bonds is 5. The molecule has 1 aliphatic carbocycles. The smallest absolute Gasteiger partial charge is 0.194 e. The van der Waals surface area contributed by atoms with Gasteiger partial charge in [-0.15, -0.1) is 0 Å². The Kier molecular flexibility index (Phi) is 6.97. The van der Waals surface area contributed by atoms with E-state index in [1.54, 1.807) is 5.57 Å². The lowest BCUT2D eigenvalue weighted by atomic mass is 9.97. The molecule has 3 aliphatic rings. The molecule has 136 valence electrons. The van der Waals surface area contributed by atoms with Crippen LogP contribution in [0.1, 0.15) is 51.9 Å². The Labute approximate surface area is 146 Å². The van der Waals surface area contributed by atoms with Crippen LogP contribution in [-0.2, 0) is 9.47 Å². The van der Waals surface area contributed by atoms with Gasteiger partial charge in [-0.05, 0) is 51.9 Å². The maximum atomic E-state index is 5.96. The summed E-state index contributed by atoms with van der Waals surface area (Å²) in [7, 11) is 0. The largest absolute Gasteiger partial charge is 0.375 e. The van der Waals surface area contributed by atoms with Gasteiger partial charge in [-0.2, -0.15) is 0 Å². The summed E-state index contributed by atoms with van der Waals surface area (Å²) < 4.78 is 11.8. The van der Waals surface area contributed by atoms with Gasteiger partial charge in [0.15, 0.2) is 5.96 Å². The van der Waals surface area contributed by atoms with Crippen LogP contribution in [0.25, 0.3) is 0 Å². The highest BCUT2D eigenvalue weighted by molar-refractivity contribution is 5.80. The number of morpholine rings is 1. The van der Waals surface area contributed by atoms with Gasteiger partial charge in [0.25, 0.3) is 0 Å². The zero-order valence-corrected chi connectivity index (χ0v) is 15.1. The highest BCUT2D eigenvalue weighted by atomic mass is 16.5. The van der Waals surface area contributed by atoms with E-state index in [9.17, 15) is 0 Å². The molecule has 5 nitrogen and oxygen atoms in total. The molecule has 0 aromatic heterocycles. The number of allylic oxidation sites excluding steroid dienone is 1. The van der Waals surface area contributed by atoms with E-state index in [2.05, 4.69) is 23.2 Å². The molecule has 2 fully saturated rings. The van der Waals surface area contributed by atoms with Crippen molar-refractivity contribution in [2.75, 3.05) is 39.4 Å². The SMILES string of the molecule is CCNC(=NCCC1=CCCCC1)N1CCOC(C2CCCO2)C1. The van der Waals surface area contributed by atoms with Gasteiger partial charge in [0.2, 0.25) is 0 Å². The normalized spacial score (nSPS) is 28.8. The van der Waals surface area contributed by atoms with E-state index >= 15 is 0 Å². The van der Waals surface area contributed by atoms with Crippen LogP contribution in [-0.4, -0.2) is 62.5 Å². The molecule has 5 heteroatoms. The Bertz CT molecular complexity index is 444. The molecule has 2 unspecified atom stereocenters. The number of hydrogen-bond donors (Lipinski definition) is 1. The Morgan fingerprint density at radius 1 is 1.25 bits per heavy atom. The monoisotopic (exact) mass is 335 g/mol. The molecular formula is C19H33N3O2. The lowest BCUT2D eigenvalue weighted by Crippen LogP contribution is -2.53. The fraction of sp³-hybridized carbons (Fsp3) is 0.842. The second-order valence-corrected chi connectivity index (χ2v) is 7.00. The summed E-state index contributed by atoms with van der Waals surface area (Å²) in [6, 6.07) is 0. The first-order valence-corrected chi connectivity index (χ1v) is 9.81. The Morgan fingerprint density at radius 2 is 2.17 bits per heavy atom. The maximum absolute atomic E-state index is 5.96. The van der Waals surface area contributed by atoms with E-state index in [1.807, 2.05) is 0 Å². The molecule has 0 amide bonds. The number of hydrogen-bond acceptors (Lipinski definition) is 3. The minimum atomic E-state index is 0.186. The minimum Gasteiger partial charge on any atom is -0.375 e. The van der Waals surface area contributed by atoms with Crippen molar-refractivity contribution in [2.45, 2.75) is 64.1 Å². The number of guanidine groups is 1. The molecule has 0 aromatic rings. The molecular weight excluding hydrogens is 302 g/mol. The molecule has 1 N–H and O–H groups in total. The van der Waals surface area contributed by atoms with Crippen LogP contribution in [0.4, 0.5) is 0 Å². The topological polar surface area (TPSA) is 46.1 Å². The van der Waals surface area contributed by atoms with Crippen LogP contribution >= 0.6 is 0 Å². The minimum absolute atomic E-state index is 0.186. The zero-order valence-electron chi connectivity index (χ0n) is 15.1. The standard InChI is InChI=1S/C19H33N3O2/c1-2-20-19(21-11-10-16-7-4-3-5-8-16)22-12-14-24-18(15-22)17-9-6-13-23-17/h7,17-18H,2-6,8-15H2,1H3,(H,20,21). The van der Waals surface area contributed by atoms with Crippen LogP contribution in [0.15, 0.2) is 16.6 Å². The van der Waals surface area contributed by atoms with Gasteiger partial charge in [0.05, 0.1) is 12.7 Å². The first-order chi connectivity index (χ1) is 11.9. The third-order valence-electron chi connectivity index (χ3n) is 5.19. The van der Waals surface area contributed by atoms with Gasteiger partial charge in [-0.3, -0.25) is 4.99 Å². The van der Waals surface area contributed by atoms with Gasteiger partial charge in [-0.1, -0.05) is 11.6 Å². The lowest BCUT2D eigenvalue weighted by Gasteiger charge is -2.37. The van der Waals surface area contributed by atoms with Gasteiger partial charge in [0, 0.05) is 32.8 Å². The van der Waals surface area contributed by atoms with Crippen molar-refractivity contribution in [1.82, 2.24) is 10.2 Å². The lowest BCUT2D eigenvalue weighted by molar-refractivity contribution is -0.0817. The van der Waals surface area contributed by atoms with Crippen molar-refractivity contribution >= 4 is 5.96 Å². The molecule has 0 saturated carbocycles. The van der Waals surface area contributed by atoms with Crippen LogP contribution < -0.4 is 5.32 Å². The molecule has 3 rings (SSSR count). The second kappa shape index (κ2) is 9.42. The molecule has 2 saturated heterocycles. The van der Waals surface area contributed by atoms with Crippen molar-refractivity contribution in [3.8, 4) is 0 Å². The summed E-state index contributed by atoms with van der Waals surface area (Å²) in [5.41, 5.74) is 1.60. The number of nitrogens with one attached hydrogen (secondary N) is 1. The van der Waals surface area contributed by atoms with E-state index < -0.39 is 0 Å². The zero-order chi connectivity index (χ0) is 16.6. The van der Waals surface area contributed by atoms with Crippen molar-refractivity contribution in [3.05, 3.63) is 11.6 Å². The van der Waals surface area contributed by atoms with Crippen LogP contribution in [0.3, 0.4) is 0 Å². The number of aliphatic imine (C=N–C) groups is 1. The van der Waals surface area contributed by atoms with Crippen LogP contribution in [0.5, 0.6) is 0 Å². The summed E-state index contributed by atoms with van der Waals surface area (Å²) >= 11 is 0. The number of ether oxygens (including phenoxy) is 2. The third-order valence-corrected chi connectivity index (χ3v) is 5.19. The van der Waals surface area contributed by atoms with E-state index in [1.165, 1.54) is 25.7 Å². The summed E-state index contributed by atoms with van der Waals surface area (Å²) in [5, 5.41) is 3.46. The first kappa shape index (κ1) is 17.7. The summed E-state index contributed by atoms with van der Waals surface area (Å²) in [4.78, 5) is 7.24. The highest BCUT2D eigenvalue weighted by Crippen LogP contribution is 2.22. The van der Waals surface area contributed by atoms with Crippen molar-refractivity contribution in [2.24, 2.45) is 4.99 Å². The Hall–Kier alpha value is -1.07. The molecule has 0 radical (unpaired) electrons. The van der Waals surface area contributed by atoms with E-state index in [0.29, 0.717) is 0 Å².